The molecule has 2 N–H and O–H groups in total. The molecule has 1 aromatic rings. The van der Waals surface area contributed by atoms with Crippen molar-refractivity contribution in [2.24, 2.45) is 0 Å². The van der Waals surface area contributed by atoms with Crippen molar-refractivity contribution in [3.8, 4) is 0 Å². The van der Waals surface area contributed by atoms with Crippen molar-refractivity contribution in [2.45, 2.75) is 11.3 Å². The highest BCUT2D eigenvalue weighted by molar-refractivity contribution is 9.10. The molecule has 0 unspecified atom stereocenters. The molecule has 15 heavy (non-hydrogen) atoms. The van der Waals surface area contributed by atoms with Gasteiger partial charge >= 0.3 is 5.97 Å². The number of hydrogen-bond donors (Lipinski definition) is 2. The van der Waals surface area contributed by atoms with Crippen LogP contribution in [0.15, 0.2) is 27.6 Å². The van der Waals surface area contributed by atoms with E-state index in [0.717, 1.165) is 4.90 Å². The van der Waals surface area contributed by atoms with E-state index >= 15 is 0 Å². The molecule has 0 saturated carbocycles. The van der Waals surface area contributed by atoms with Crippen LogP contribution in [-0.4, -0.2) is 28.5 Å². The predicted molar refractivity (Wildman–Crippen MR) is 63.5 cm³/mol. The maximum atomic E-state index is 11.0. The maximum absolute atomic E-state index is 11.0. The Morgan fingerprint density at radius 3 is 2.80 bits per heavy atom. The second kappa shape index (κ2) is 6.15. The van der Waals surface area contributed by atoms with E-state index in [9.17, 15) is 4.79 Å². The molecular weight excluding hydrogens is 280 g/mol. The molecule has 0 radical (unpaired) electrons. The number of aromatic carboxylic acids is 1. The number of aliphatic hydroxyl groups excluding tert-OH is 1. The van der Waals surface area contributed by atoms with E-state index in [2.05, 4.69) is 15.9 Å². The number of rotatable bonds is 5. The molecule has 1 aromatic carbocycles. The van der Waals surface area contributed by atoms with Gasteiger partial charge in [0, 0.05) is 21.7 Å². The van der Waals surface area contributed by atoms with Crippen LogP contribution >= 0.6 is 27.7 Å². The van der Waals surface area contributed by atoms with E-state index in [4.69, 9.17) is 10.2 Å². The number of thioether (sulfide) groups is 1. The molecule has 5 heteroatoms. The van der Waals surface area contributed by atoms with Gasteiger partial charge in [-0.3, -0.25) is 0 Å². The molecule has 3 nitrogen and oxygen atoms in total. The smallest absolute Gasteiger partial charge is 0.337 e. The highest BCUT2D eigenvalue weighted by atomic mass is 79.9. The summed E-state index contributed by atoms with van der Waals surface area (Å²) < 4.78 is 0.587. The first kappa shape index (κ1) is 12.5. The highest BCUT2D eigenvalue weighted by Crippen LogP contribution is 2.29. The zero-order valence-electron chi connectivity index (χ0n) is 7.94. The second-order valence-corrected chi connectivity index (χ2v) is 4.83. The summed E-state index contributed by atoms with van der Waals surface area (Å²) in [5, 5.41) is 17.6. The minimum atomic E-state index is -0.936. The summed E-state index contributed by atoms with van der Waals surface area (Å²) in [7, 11) is 0. The molecule has 0 amide bonds. The first-order valence-corrected chi connectivity index (χ1v) is 6.20. The molecule has 0 atom stereocenters. The van der Waals surface area contributed by atoms with Gasteiger partial charge in [0.25, 0.3) is 0 Å². The van der Waals surface area contributed by atoms with Crippen LogP contribution in [0, 0.1) is 0 Å². The first-order valence-electron chi connectivity index (χ1n) is 4.42. The number of benzene rings is 1. The van der Waals surface area contributed by atoms with Gasteiger partial charge in [0.15, 0.2) is 0 Å². The molecule has 0 aliphatic rings. The third-order valence-electron chi connectivity index (χ3n) is 1.75. The van der Waals surface area contributed by atoms with Gasteiger partial charge < -0.3 is 10.2 Å². The van der Waals surface area contributed by atoms with Crippen molar-refractivity contribution in [1.29, 1.82) is 0 Å². The number of hydrogen-bond acceptors (Lipinski definition) is 3. The lowest BCUT2D eigenvalue weighted by atomic mass is 10.2. The Morgan fingerprint density at radius 2 is 2.20 bits per heavy atom. The zero-order valence-corrected chi connectivity index (χ0v) is 10.3. The van der Waals surface area contributed by atoms with Gasteiger partial charge in [-0.25, -0.2) is 4.79 Å². The number of carbonyl (C=O) groups is 1. The van der Waals surface area contributed by atoms with Gasteiger partial charge in [0.1, 0.15) is 0 Å². The van der Waals surface area contributed by atoms with Crippen LogP contribution in [0.5, 0.6) is 0 Å². The topological polar surface area (TPSA) is 57.5 Å². The summed E-state index contributed by atoms with van der Waals surface area (Å²) in [5.41, 5.74) is 0.292. The summed E-state index contributed by atoms with van der Waals surface area (Å²) in [4.78, 5) is 11.7. The molecule has 0 heterocycles. The van der Waals surface area contributed by atoms with Gasteiger partial charge in [-0.05, 0) is 34.5 Å². The second-order valence-electron chi connectivity index (χ2n) is 2.84. The third kappa shape index (κ3) is 3.52. The first-order chi connectivity index (χ1) is 7.16. The van der Waals surface area contributed by atoms with Crippen LogP contribution in [0.25, 0.3) is 0 Å². The van der Waals surface area contributed by atoms with E-state index in [1.165, 1.54) is 11.8 Å². The molecule has 1 rings (SSSR count). The molecular formula is C10H11BrO3S. The van der Waals surface area contributed by atoms with Crippen LogP contribution in [0.2, 0.25) is 0 Å². The molecule has 0 spiro atoms. The Kier molecular flexibility index (Phi) is 5.14. The van der Waals surface area contributed by atoms with Crippen LogP contribution in [0.1, 0.15) is 16.8 Å². The van der Waals surface area contributed by atoms with Crippen molar-refractivity contribution in [2.75, 3.05) is 12.4 Å². The number of carboxylic acid groups (broad SMARTS) is 1. The Bertz CT molecular complexity index is 355. The monoisotopic (exact) mass is 290 g/mol. The molecule has 0 saturated heterocycles. The van der Waals surface area contributed by atoms with Crippen LogP contribution in [-0.2, 0) is 0 Å². The van der Waals surface area contributed by atoms with E-state index in [0.29, 0.717) is 22.2 Å². The van der Waals surface area contributed by atoms with Crippen LogP contribution < -0.4 is 0 Å². The molecule has 0 bridgehead atoms. The zero-order chi connectivity index (χ0) is 11.3. The summed E-state index contributed by atoms with van der Waals surface area (Å²) >= 11 is 4.66. The summed E-state index contributed by atoms with van der Waals surface area (Å²) in [6, 6.07) is 5.29. The minimum Gasteiger partial charge on any atom is -0.478 e. The van der Waals surface area contributed by atoms with Gasteiger partial charge in [0.2, 0.25) is 0 Å². The van der Waals surface area contributed by atoms with Gasteiger partial charge in [-0.15, -0.1) is 11.8 Å². The van der Waals surface area contributed by atoms with Gasteiger partial charge in [-0.1, -0.05) is 6.07 Å². The average molecular weight is 291 g/mol. The van der Waals surface area contributed by atoms with Gasteiger partial charge in [0.05, 0.1) is 5.56 Å². The molecule has 0 aliphatic carbocycles. The lowest BCUT2D eigenvalue weighted by Gasteiger charge is -2.06. The predicted octanol–water partition coefficient (Wildman–Crippen LogP) is 2.62. The maximum Gasteiger partial charge on any atom is 0.337 e. The minimum absolute atomic E-state index is 0.128. The lowest BCUT2D eigenvalue weighted by Crippen LogP contribution is -2.00. The van der Waals surface area contributed by atoms with E-state index < -0.39 is 5.97 Å². The summed E-state index contributed by atoms with van der Waals surface area (Å²) in [5.74, 6) is -0.221. The third-order valence-corrected chi connectivity index (χ3v) is 3.55. The molecule has 0 fully saturated rings. The largest absolute Gasteiger partial charge is 0.478 e. The van der Waals surface area contributed by atoms with Crippen molar-refractivity contribution < 1.29 is 15.0 Å². The van der Waals surface area contributed by atoms with Crippen LogP contribution in [0.3, 0.4) is 0 Å². The van der Waals surface area contributed by atoms with Crippen molar-refractivity contribution in [3.05, 3.63) is 28.2 Å². The Labute approximate surface area is 101 Å². The fourth-order valence-electron chi connectivity index (χ4n) is 1.08. The fourth-order valence-corrected chi connectivity index (χ4v) is 2.76. The SMILES string of the molecule is O=C(O)c1c(Br)cccc1SCCCO. The Hall–Kier alpha value is -0.520. The Balaban J connectivity index is 2.86. The highest BCUT2D eigenvalue weighted by Gasteiger charge is 2.13. The van der Waals surface area contributed by atoms with Crippen molar-refractivity contribution in [1.82, 2.24) is 0 Å². The summed E-state index contributed by atoms with van der Waals surface area (Å²) in [6.45, 7) is 0.128. The number of aliphatic hydroxyl groups is 1. The summed E-state index contributed by atoms with van der Waals surface area (Å²) in [6.07, 6.45) is 0.663. The number of carboxylic acids is 1. The molecule has 82 valence electrons. The Morgan fingerprint density at radius 1 is 1.47 bits per heavy atom. The van der Waals surface area contributed by atoms with E-state index in [1.807, 2.05) is 0 Å². The number of halogens is 1. The van der Waals surface area contributed by atoms with Crippen molar-refractivity contribution in [3.63, 3.8) is 0 Å². The van der Waals surface area contributed by atoms with Crippen molar-refractivity contribution >= 4 is 33.7 Å². The molecule has 0 aromatic heterocycles. The van der Waals surface area contributed by atoms with E-state index in [-0.39, 0.29) is 6.61 Å². The fraction of sp³-hybridized carbons (Fsp3) is 0.300. The van der Waals surface area contributed by atoms with Crippen LogP contribution in [0.4, 0.5) is 0 Å². The molecule has 0 aliphatic heterocycles. The average Bonchev–Trinajstić information content (AvgIpc) is 2.17. The lowest BCUT2D eigenvalue weighted by molar-refractivity contribution is 0.0692. The normalized spacial score (nSPS) is 10.3. The standard InChI is InChI=1S/C10H11BrO3S/c11-7-3-1-4-8(9(7)10(13)14)15-6-2-5-12/h1,3-4,12H,2,5-6H2,(H,13,14). The van der Waals surface area contributed by atoms with Gasteiger partial charge in [-0.2, -0.15) is 0 Å². The van der Waals surface area contributed by atoms with E-state index in [1.54, 1.807) is 18.2 Å². The quantitative estimate of drug-likeness (QED) is 0.647.